The predicted octanol–water partition coefficient (Wildman–Crippen LogP) is 4.87. The Bertz CT molecular complexity index is 719. The number of nitro benzene ring substituents is 1. The summed E-state index contributed by atoms with van der Waals surface area (Å²) in [5.41, 5.74) is 1.80. The molecule has 0 bridgehead atoms. The van der Waals surface area contributed by atoms with E-state index in [0.29, 0.717) is 6.04 Å². The van der Waals surface area contributed by atoms with Gasteiger partial charge < -0.3 is 9.64 Å². The van der Waals surface area contributed by atoms with Gasteiger partial charge in [0.2, 0.25) is 0 Å². The minimum absolute atomic E-state index is 0.107. The van der Waals surface area contributed by atoms with E-state index in [0.717, 1.165) is 23.9 Å². The Kier molecular flexibility index (Phi) is 4.59. The first-order valence-corrected chi connectivity index (χ1v) is 9.85. The maximum absolute atomic E-state index is 11.0. The zero-order chi connectivity index (χ0) is 18.1. The number of aliphatic imine (C=N–C) groups is 1. The van der Waals surface area contributed by atoms with Crippen LogP contribution in [-0.4, -0.2) is 34.0 Å². The maximum atomic E-state index is 11.0. The van der Waals surface area contributed by atoms with E-state index in [4.69, 9.17) is 9.73 Å². The molecular weight excluding hydrogens is 330 g/mol. The molecular formula is C20H27N3O3. The molecule has 3 fully saturated rings. The molecule has 0 radical (unpaired) electrons. The van der Waals surface area contributed by atoms with Gasteiger partial charge >= 0.3 is 0 Å². The molecule has 1 aromatic carbocycles. The van der Waals surface area contributed by atoms with Crippen LogP contribution in [0.4, 0.5) is 11.4 Å². The largest absolute Gasteiger partial charge is 0.462 e. The van der Waals surface area contributed by atoms with E-state index >= 15 is 0 Å². The number of rotatable bonds is 3. The lowest BCUT2D eigenvalue weighted by atomic mass is 9.89. The molecule has 1 aromatic rings. The highest BCUT2D eigenvalue weighted by atomic mass is 16.6. The van der Waals surface area contributed by atoms with Crippen molar-refractivity contribution in [2.24, 2.45) is 4.99 Å². The second kappa shape index (κ2) is 6.89. The number of nitrogens with zero attached hydrogens (tertiary/aromatic N) is 3. The van der Waals surface area contributed by atoms with Gasteiger partial charge in [-0.2, -0.15) is 4.99 Å². The van der Waals surface area contributed by atoms with Gasteiger partial charge in [0, 0.05) is 18.2 Å². The van der Waals surface area contributed by atoms with E-state index in [9.17, 15) is 10.1 Å². The summed E-state index contributed by atoms with van der Waals surface area (Å²) < 4.78 is 6.14. The van der Waals surface area contributed by atoms with Crippen LogP contribution in [0.1, 0.15) is 63.4 Å². The average molecular weight is 357 g/mol. The number of hydrogen-bond acceptors (Lipinski definition) is 4. The number of aryl methyl sites for hydroxylation is 1. The molecule has 0 amide bonds. The summed E-state index contributed by atoms with van der Waals surface area (Å²) in [7, 11) is 0. The molecule has 0 atom stereocenters. The van der Waals surface area contributed by atoms with Crippen LogP contribution in [0.5, 0.6) is 0 Å². The Hall–Kier alpha value is -2.11. The molecule has 3 aliphatic rings. The summed E-state index contributed by atoms with van der Waals surface area (Å²) in [4.78, 5) is 17.9. The number of non-ortho nitro benzene ring substituents is 1. The molecule has 2 saturated carbocycles. The summed E-state index contributed by atoms with van der Waals surface area (Å²) >= 11 is 0. The molecule has 0 unspecified atom stereocenters. The monoisotopic (exact) mass is 357 g/mol. The van der Waals surface area contributed by atoms with E-state index < -0.39 is 0 Å². The Balaban J connectivity index is 1.67. The van der Waals surface area contributed by atoms with Crippen molar-refractivity contribution in [3.63, 3.8) is 0 Å². The van der Waals surface area contributed by atoms with Crippen LogP contribution in [0.2, 0.25) is 0 Å². The number of amidine groups is 1. The number of nitro groups is 1. The van der Waals surface area contributed by atoms with E-state index in [2.05, 4.69) is 4.90 Å². The van der Waals surface area contributed by atoms with Gasteiger partial charge in [-0.1, -0.05) is 32.1 Å². The maximum Gasteiger partial charge on any atom is 0.293 e. The smallest absolute Gasteiger partial charge is 0.293 e. The molecule has 26 heavy (non-hydrogen) atoms. The summed E-state index contributed by atoms with van der Waals surface area (Å²) in [6, 6.07) is 6.10. The first-order chi connectivity index (χ1) is 12.6. The third-order valence-electron chi connectivity index (χ3n) is 6.27. The van der Waals surface area contributed by atoms with E-state index in [1.807, 2.05) is 6.92 Å². The van der Waals surface area contributed by atoms with Crippen molar-refractivity contribution in [2.45, 2.75) is 76.3 Å². The SMILES string of the molecule is Cc1cc([N+](=O)[O-])ccc1/N=C1/OCC2(CCCC2)N1C1CCCCC1. The molecule has 1 spiro atoms. The van der Waals surface area contributed by atoms with Crippen molar-refractivity contribution in [3.8, 4) is 0 Å². The van der Waals surface area contributed by atoms with Crippen molar-refractivity contribution in [1.82, 2.24) is 4.90 Å². The Morgan fingerprint density at radius 3 is 2.58 bits per heavy atom. The van der Waals surface area contributed by atoms with E-state index in [1.165, 1.54) is 63.9 Å². The van der Waals surface area contributed by atoms with Gasteiger partial charge in [0.15, 0.2) is 0 Å². The molecule has 0 N–H and O–H groups in total. The standard InChI is InChI=1S/C20H27N3O3/c1-15-13-17(23(24)25)9-10-18(15)21-19-22(16-7-3-2-4-8-16)20(14-26-19)11-5-6-12-20/h9-10,13,16H,2-8,11-12,14H2,1H3/b21-19+. The highest BCUT2D eigenvalue weighted by Gasteiger charge is 2.50. The highest BCUT2D eigenvalue weighted by Crippen LogP contribution is 2.44. The zero-order valence-corrected chi connectivity index (χ0v) is 15.4. The molecule has 6 nitrogen and oxygen atoms in total. The molecule has 6 heteroatoms. The number of ether oxygens (including phenoxy) is 1. The number of hydrogen-bond donors (Lipinski definition) is 0. The second-order valence-electron chi connectivity index (χ2n) is 8.00. The van der Waals surface area contributed by atoms with E-state index in [1.54, 1.807) is 12.1 Å². The molecule has 4 rings (SSSR count). The first-order valence-electron chi connectivity index (χ1n) is 9.85. The van der Waals surface area contributed by atoms with Gasteiger partial charge in [-0.05, 0) is 44.2 Å². The van der Waals surface area contributed by atoms with Crippen molar-refractivity contribution < 1.29 is 9.66 Å². The van der Waals surface area contributed by atoms with Crippen molar-refractivity contribution in [2.75, 3.05) is 6.61 Å². The molecule has 1 heterocycles. The van der Waals surface area contributed by atoms with Crippen LogP contribution in [-0.2, 0) is 4.74 Å². The number of benzene rings is 1. The first kappa shape index (κ1) is 17.3. The lowest BCUT2D eigenvalue weighted by Crippen LogP contribution is -2.51. The third-order valence-corrected chi connectivity index (χ3v) is 6.27. The van der Waals surface area contributed by atoms with Crippen LogP contribution < -0.4 is 0 Å². The third kappa shape index (κ3) is 3.06. The fourth-order valence-electron chi connectivity index (χ4n) is 4.91. The van der Waals surface area contributed by atoms with Gasteiger partial charge in [0.25, 0.3) is 11.7 Å². The van der Waals surface area contributed by atoms with E-state index in [-0.39, 0.29) is 16.1 Å². The Morgan fingerprint density at radius 2 is 1.92 bits per heavy atom. The van der Waals surface area contributed by atoms with Gasteiger partial charge in [0.1, 0.15) is 6.61 Å². The van der Waals surface area contributed by atoms with Crippen molar-refractivity contribution >= 4 is 17.4 Å². The summed E-state index contributed by atoms with van der Waals surface area (Å²) in [5, 5.41) is 11.0. The van der Waals surface area contributed by atoms with Crippen LogP contribution in [0, 0.1) is 17.0 Å². The van der Waals surface area contributed by atoms with Gasteiger partial charge in [0.05, 0.1) is 16.1 Å². The average Bonchev–Trinajstić information content (AvgIpc) is 3.25. The van der Waals surface area contributed by atoms with Gasteiger partial charge in [-0.15, -0.1) is 0 Å². The van der Waals surface area contributed by atoms with Crippen molar-refractivity contribution in [1.29, 1.82) is 0 Å². The van der Waals surface area contributed by atoms with Crippen LogP contribution in [0.25, 0.3) is 0 Å². The van der Waals surface area contributed by atoms with Crippen LogP contribution in [0.3, 0.4) is 0 Å². The predicted molar refractivity (Wildman–Crippen MR) is 101 cm³/mol. The summed E-state index contributed by atoms with van der Waals surface area (Å²) in [6.45, 7) is 2.60. The fraction of sp³-hybridized carbons (Fsp3) is 0.650. The molecule has 2 aliphatic carbocycles. The normalized spacial score (nSPS) is 24.3. The topological polar surface area (TPSA) is 68.0 Å². The van der Waals surface area contributed by atoms with Gasteiger partial charge in [-0.3, -0.25) is 10.1 Å². The van der Waals surface area contributed by atoms with Crippen LogP contribution in [0.15, 0.2) is 23.2 Å². The summed E-state index contributed by atoms with van der Waals surface area (Å²) in [5.74, 6) is 0. The second-order valence-corrected chi connectivity index (χ2v) is 8.00. The lowest BCUT2D eigenvalue weighted by molar-refractivity contribution is -0.384. The highest BCUT2D eigenvalue weighted by molar-refractivity contribution is 5.81. The fourth-order valence-corrected chi connectivity index (χ4v) is 4.91. The Labute approximate surface area is 154 Å². The minimum Gasteiger partial charge on any atom is -0.462 e. The lowest BCUT2D eigenvalue weighted by Gasteiger charge is -2.41. The summed E-state index contributed by atoms with van der Waals surface area (Å²) in [6.07, 6.45) is 11.2. The Morgan fingerprint density at radius 1 is 1.19 bits per heavy atom. The molecule has 140 valence electrons. The molecule has 1 saturated heterocycles. The quantitative estimate of drug-likeness (QED) is 0.572. The van der Waals surface area contributed by atoms with Gasteiger partial charge in [-0.25, -0.2) is 0 Å². The zero-order valence-electron chi connectivity index (χ0n) is 15.4. The minimum atomic E-state index is -0.363. The molecule has 0 aromatic heterocycles. The molecule has 1 aliphatic heterocycles. The van der Waals surface area contributed by atoms with Crippen molar-refractivity contribution in [3.05, 3.63) is 33.9 Å². The van der Waals surface area contributed by atoms with Crippen LogP contribution >= 0.6 is 0 Å².